The van der Waals surface area contributed by atoms with Gasteiger partial charge in [-0.05, 0) is 31.4 Å². The van der Waals surface area contributed by atoms with E-state index < -0.39 is 6.10 Å². The summed E-state index contributed by atoms with van der Waals surface area (Å²) in [7, 11) is 0. The minimum absolute atomic E-state index is 0.170. The van der Waals surface area contributed by atoms with Crippen molar-refractivity contribution in [3.8, 4) is 5.75 Å². The molecule has 2 rings (SSSR count). The fraction of sp³-hybridized carbons (Fsp3) is 0.600. The Hall–Kier alpha value is -0.520. The first-order chi connectivity index (χ1) is 10.1. The van der Waals surface area contributed by atoms with Crippen LogP contribution in [0.3, 0.4) is 0 Å². The van der Waals surface area contributed by atoms with Crippen LogP contribution in [0.1, 0.15) is 13.3 Å². The van der Waals surface area contributed by atoms with Crippen LogP contribution >= 0.6 is 23.2 Å². The van der Waals surface area contributed by atoms with Gasteiger partial charge in [0.2, 0.25) is 0 Å². The molecule has 1 heterocycles. The zero-order valence-electron chi connectivity index (χ0n) is 12.0. The number of nitrogens with one attached hydrogen (secondary N) is 1. The highest BCUT2D eigenvalue weighted by Crippen LogP contribution is 2.27. The van der Waals surface area contributed by atoms with Crippen molar-refractivity contribution >= 4 is 23.2 Å². The highest BCUT2D eigenvalue weighted by molar-refractivity contribution is 6.34. The van der Waals surface area contributed by atoms with Crippen LogP contribution in [0.2, 0.25) is 10.0 Å². The lowest BCUT2D eigenvalue weighted by Crippen LogP contribution is -2.35. The van der Waals surface area contributed by atoms with E-state index in [0.717, 1.165) is 19.6 Å². The lowest BCUT2D eigenvalue weighted by molar-refractivity contribution is 0.0946. The Bertz CT molecular complexity index is 459. The van der Waals surface area contributed by atoms with Crippen molar-refractivity contribution in [2.24, 2.45) is 5.92 Å². The zero-order valence-corrected chi connectivity index (χ0v) is 13.5. The monoisotopic (exact) mass is 333 g/mol. The summed E-state index contributed by atoms with van der Waals surface area (Å²) in [6.07, 6.45) is 0.757. The van der Waals surface area contributed by atoms with Crippen LogP contribution in [0.5, 0.6) is 5.75 Å². The standard InChI is InChI=1S/C15H21Cl2NO3/c1-10-11(4-5-20-10)7-18-8-13(19)9-21-15-6-12(16)2-3-14(15)17/h2-3,6,10-11,13,18-19H,4-5,7-9H2,1H3. The van der Waals surface area contributed by atoms with Gasteiger partial charge in [-0.3, -0.25) is 0 Å². The van der Waals surface area contributed by atoms with Crippen LogP contribution in [0.25, 0.3) is 0 Å². The first-order valence-electron chi connectivity index (χ1n) is 7.14. The first kappa shape index (κ1) is 16.8. The van der Waals surface area contributed by atoms with Gasteiger partial charge in [0.15, 0.2) is 0 Å². The Kier molecular flexibility index (Phi) is 6.58. The predicted molar refractivity (Wildman–Crippen MR) is 84.4 cm³/mol. The number of aliphatic hydroxyl groups excluding tert-OH is 1. The highest BCUT2D eigenvalue weighted by atomic mass is 35.5. The van der Waals surface area contributed by atoms with Gasteiger partial charge in [0.25, 0.3) is 0 Å². The smallest absolute Gasteiger partial charge is 0.139 e. The second-order valence-electron chi connectivity index (χ2n) is 5.32. The van der Waals surface area contributed by atoms with E-state index in [2.05, 4.69) is 12.2 Å². The second kappa shape index (κ2) is 8.20. The molecule has 2 N–H and O–H groups in total. The zero-order chi connectivity index (χ0) is 15.2. The molecule has 1 saturated heterocycles. The quantitative estimate of drug-likeness (QED) is 0.805. The number of hydrogen-bond acceptors (Lipinski definition) is 4. The van der Waals surface area contributed by atoms with E-state index in [0.29, 0.717) is 28.3 Å². The van der Waals surface area contributed by atoms with E-state index in [1.54, 1.807) is 18.2 Å². The number of benzene rings is 1. The van der Waals surface area contributed by atoms with Gasteiger partial charge < -0.3 is 19.9 Å². The predicted octanol–water partition coefficient (Wildman–Crippen LogP) is 2.75. The van der Waals surface area contributed by atoms with Gasteiger partial charge in [0.1, 0.15) is 18.5 Å². The molecule has 1 aromatic carbocycles. The summed E-state index contributed by atoms with van der Waals surface area (Å²) in [4.78, 5) is 0. The summed E-state index contributed by atoms with van der Waals surface area (Å²) in [6, 6.07) is 5.01. The number of rotatable bonds is 7. The fourth-order valence-electron chi connectivity index (χ4n) is 2.31. The molecule has 1 fully saturated rings. The SMILES string of the molecule is CC1OCCC1CNCC(O)COc1cc(Cl)ccc1Cl. The lowest BCUT2D eigenvalue weighted by atomic mass is 10.0. The average Bonchev–Trinajstić information content (AvgIpc) is 2.85. The van der Waals surface area contributed by atoms with Gasteiger partial charge in [-0.25, -0.2) is 0 Å². The van der Waals surface area contributed by atoms with Crippen LogP contribution < -0.4 is 10.1 Å². The van der Waals surface area contributed by atoms with E-state index in [1.165, 1.54) is 0 Å². The Morgan fingerprint density at radius 2 is 2.29 bits per heavy atom. The Balaban J connectivity index is 1.67. The van der Waals surface area contributed by atoms with Crippen LogP contribution in [-0.4, -0.2) is 43.6 Å². The average molecular weight is 334 g/mol. The molecule has 0 radical (unpaired) electrons. The van der Waals surface area contributed by atoms with Crippen molar-refractivity contribution in [2.75, 3.05) is 26.3 Å². The van der Waals surface area contributed by atoms with Crippen molar-refractivity contribution in [1.29, 1.82) is 0 Å². The Labute approximate surface area is 135 Å². The third-order valence-corrected chi connectivity index (χ3v) is 4.19. The van der Waals surface area contributed by atoms with Crippen molar-refractivity contribution in [3.05, 3.63) is 28.2 Å². The molecule has 4 nitrogen and oxygen atoms in total. The van der Waals surface area contributed by atoms with Crippen molar-refractivity contribution in [1.82, 2.24) is 5.32 Å². The number of ether oxygens (including phenoxy) is 2. The maximum absolute atomic E-state index is 9.92. The van der Waals surface area contributed by atoms with E-state index in [4.69, 9.17) is 32.7 Å². The molecule has 0 spiro atoms. The van der Waals surface area contributed by atoms with Crippen molar-refractivity contribution in [3.63, 3.8) is 0 Å². The molecule has 0 aromatic heterocycles. The molecule has 21 heavy (non-hydrogen) atoms. The second-order valence-corrected chi connectivity index (χ2v) is 6.17. The third kappa shape index (κ3) is 5.31. The van der Waals surface area contributed by atoms with E-state index in [1.807, 2.05) is 0 Å². The maximum atomic E-state index is 9.92. The normalized spacial score (nSPS) is 23.2. The van der Waals surface area contributed by atoms with Crippen LogP contribution in [0, 0.1) is 5.92 Å². The van der Waals surface area contributed by atoms with Crippen molar-refractivity contribution < 1.29 is 14.6 Å². The third-order valence-electron chi connectivity index (χ3n) is 3.64. The summed E-state index contributed by atoms with van der Waals surface area (Å²) >= 11 is 11.9. The van der Waals surface area contributed by atoms with Gasteiger partial charge in [-0.1, -0.05) is 23.2 Å². The Morgan fingerprint density at radius 1 is 1.48 bits per heavy atom. The molecule has 0 aliphatic carbocycles. The molecule has 6 heteroatoms. The molecular formula is C15H21Cl2NO3. The molecule has 1 aliphatic rings. The number of aliphatic hydroxyl groups is 1. The first-order valence-corrected chi connectivity index (χ1v) is 7.90. The molecule has 0 saturated carbocycles. The van der Waals surface area contributed by atoms with Crippen LogP contribution in [-0.2, 0) is 4.74 Å². The van der Waals surface area contributed by atoms with E-state index in [-0.39, 0.29) is 12.7 Å². The topological polar surface area (TPSA) is 50.7 Å². The van der Waals surface area contributed by atoms with Gasteiger partial charge in [0, 0.05) is 30.8 Å². The van der Waals surface area contributed by atoms with Gasteiger partial charge in [-0.2, -0.15) is 0 Å². The molecule has 3 unspecified atom stereocenters. The van der Waals surface area contributed by atoms with Crippen LogP contribution in [0.15, 0.2) is 18.2 Å². The molecule has 1 aromatic rings. The molecular weight excluding hydrogens is 313 g/mol. The summed E-state index contributed by atoms with van der Waals surface area (Å²) in [5.41, 5.74) is 0. The summed E-state index contributed by atoms with van der Waals surface area (Å²) in [5, 5.41) is 14.2. The Morgan fingerprint density at radius 3 is 3.00 bits per heavy atom. The van der Waals surface area contributed by atoms with E-state index in [9.17, 15) is 5.11 Å². The minimum Gasteiger partial charge on any atom is -0.489 e. The van der Waals surface area contributed by atoms with Crippen molar-refractivity contribution in [2.45, 2.75) is 25.6 Å². The molecule has 118 valence electrons. The summed E-state index contributed by atoms with van der Waals surface area (Å²) < 4.78 is 11.0. The van der Waals surface area contributed by atoms with Gasteiger partial charge in [0.05, 0.1) is 11.1 Å². The highest BCUT2D eigenvalue weighted by Gasteiger charge is 2.23. The maximum Gasteiger partial charge on any atom is 0.139 e. The van der Waals surface area contributed by atoms with Crippen LogP contribution in [0.4, 0.5) is 0 Å². The summed E-state index contributed by atoms with van der Waals surface area (Å²) in [6.45, 7) is 4.40. The van der Waals surface area contributed by atoms with Gasteiger partial charge in [-0.15, -0.1) is 0 Å². The molecule has 3 atom stereocenters. The lowest BCUT2D eigenvalue weighted by Gasteiger charge is -2.17. The van der Waals surface area contributed by atoms with E-state index >= 15 is 0 Å². The largest absolute Gasteiger partial charge is 0.489 e. The number of halogens is 2. The number of hydrogen-bond donors (Lipinski definition) is 2. The van der Waals surface area contributed by atoms with Gasteiger partial charge >= 0.3 is 0 Å². The molecule has 0 amide bonds. The fourth-order valence-corrected chi connectivity index (χ4v) is 2.65. The molecule has 1 aliphatic heterocycles. The minimum atomic E-state index is -0.599. The summed E-state index contributed by atoms with van der Waals surface area (Å²) in [5.74, 6) is 1.00. The molecule has 0 bridgehead atoms.